The van der Waals surface area contributed by atoms with Crippen LogP contribution in [0.5, 0.6) is 0 Å². The molecule has 0 amide bonds. The van der Waals surface area contributed by atoms with E-state index >= 15 is 0 Å². The van der Waals surface area contributed by atoms with Crippen molar-refractivity contribution in [3.8, 4) is 0 Å². The summed E-state index contributed by atoms with van der Waals surface area (Å²) in [5.74, 6) is 0. The van der Waals surface area contributed by atoms with Crippen LogP contribution in [-0.2, 0) is 0 Å². The molecule has 0 saturated heterocycles. The van der Waals surface area contributed by atoms with Gasteiger partial charge in [0.25, 0.3) is 0 Å². The standard InChI is InChI=1S/C7H15O2.Al.3H/c1-6(2,8)5-7(3,4)9;;;;/h5,8-9H,1-4H3;;;;. The highest BCUT2D eigenvalue weighted by Gasteiger charge is 2.24. The third-order valence-electron chi connectivity index (χ3n) is 0.706. The van der Waals surface area contributed by atoms with Crippen molar-refractivity contribution in [1.29, 1.82) is 0 Å². The molecule has 61 valence electrons. The number of rotatable bonds is 2. The molecule has 0 heterocycles. The Kier molecular flexibility index (Phi) is 4.88. The molecule has 0 spiro atoms. The van der Waals surface area contributed by atoms with Gasteiger partial charge in [0, 0.05) is 6.42 Å². The van der Waals surface area contributed by atoms with Gasteiger partial charge < -0.3 is 10.2 Å². The first kappa shape index (κ1) is 13.1. The SMILES string of the molecule is CC(C)(O)[CH]C(C)(C)O.[AlH3]. The Morgan fingerprint density at radius 2 is 1.10 bits per heavy atom. The lowest BCUT2D eigenvalue weighted by atomic mass is 9.93. The maximum Gasteiger partial charge on any atom is 0.187 e. The summed E-state index contributed by atoms with van der Waals surface area (Å²) >= 11 is 0. The summed E-state index contributed by atoms with van der Waals surface area (Å²) < 4.78 is 0. The second-order valence-electron chi connectivity index (χ2n) is 3.45. The lowest BCUT2D eigenvalue weighted by molar-refractivity contribution is 0.0352. The lowest BCUT2D eigenvalue weighted by Gasteiger charge is -2.25. The van der Waals surface area contributed by atoms with E-state index in [4.69, 9.17) is 10.2 Å². The molecule has 0 aliphatic carbocycles. The molecule has 0 fully saturated rings. The van der Waals surface area contributed by atoms with E-state index in [1.54, 1.807) is 27.7 Å². The normalized spacial score (nSPS) is 12.6. The van der Waals surface area contributed by atoms with Crippen molar-refractivity contribution >= 4 is 17.4 Å². The Morgan fingerprint density at radius 1 is 0.900 bits per heavy atom. The summed E-state index contributed by atoms with van der Waals surface area (Å²) in [6.07, 6.45) is 1.49. The fourth-order valence-corrected chi connectivity index (χ4v) is 0.864. The van der Waals surface area contributed by atoms with Gasteiger partial charge in [0.05, 0.1) is 11.2 Å². The van der Waals surface area contributed by atoms with Crippen LogP contribution in [-0.4, -0.2) is 38.8 Å². The van der Waals surface area contributed by atoms with Gasteiger partial charge in [-0.3, -0.25) is 0 Å². The average molecular weight is 161 g/mol. The third kappa shape index (κ3) is 11.3. The van der Waals surface area contributed by atoms with Crippen LogP contribution in [0.15, 0.2) is 0 Å². The summed E-state index contributed by atoms with van der Waals surface area (Å²) in [4.78, 5) is 0. The minimum atomic E-state index is -0.891. The molecular weight excluding hydrogens is 143 g/mol. The number of hydrogen-bond acceptors (Lipinski definition) is 2. The summed E-state index contributed by atoms with van der Waals surface area (Å²) in [5.41, 5.74) is -1.78. The average Bonchev–Trinajstić information content (AvgIpc) is 1.14. The quantitative estimate of drug-likeness (QED) is 0.538. The van der Waals surface area contributed by atoms with Gasteiger partial charge >= 0.3 is 0 Å². The molecule has 2 nitrogen and oxygen atoms in total. The predicted molar refractivity (Wildman–Crippen MR) is 46.8 cm³/mol. The van der Waals surface area contributed by atoms with Crippen molar-refractivity contribution in [3.63, 3.8) is 0 Å². The molecule has 0 unspecified atom stereocenters. The zero-order chi connectivity index (χ0) is 7.71. The van der Waals surface area contributed by atoms with Crippen LogP contribution in [0.4, 0.5) is 0 Å². The molecule has 0 bridgehead atoms. The molecular formula is C7H18AlO2. The van der Waals surface area contributed by atoms with Crippen molar-refractivity contribution in [3.05, 3.63) is 6.42 Å². The molecule has 0 rings (SSSR count). The maximum atomic E-state index is 9.14. The van der Waals surface area contributed by atoms with Gasteiger partial charge in [-0.25, -0.2) is 0 Å². The molecule has 0 aromatic heterocycles. The van der Waals surface area contributed by atoms with Gasteiger partial charge in [-0.1, -0.05) is 0 Å². The van der Waals surface area contributed by atoms with Crippen LogP contribution in [0.25, 0.3) is 0 Å². The van der Waals surface area contributed by atoms with E-state index in [0.29, 0.717) is 0 Å². The molecule has 0 aliphatic heterocycles. The first-order valence-corrected chi connectivity index (χ1v) is 3.02. The van der Waals surface area contributed by atoms with Gasteiger partial charge in [0.1, 0.15) is 0 Å². The summed E-state index contributed by atoms with van der Waals surface area (Å²) in [5, 5.41) is 18.3. The van der Waals surface area contributed by atoms with Crippen molar-refractivity contribution < 1.29 is 10.2 Å². The third-order valence-corrected chi connectivity index (χ3v) is 0.706. The van der Waals surface area contributed by atoms with Crippen molar-refractivity contribution in [2.24, 2.45) is 0 Å². The van der Waals surface area contributed by atoms with Crippen molar-refractivity contribution in [2.45, 2.75) is 38.9 Å². The maximum absolute atomic E-state index is 9.14. The van der Waals surface area contributed by atoms with Gasteiger partial charge in [0.2, 0.25) is 0 Å². The summed E-state index contributed by atoms with van der Waals surface area (Å²) in [7, 11) is 0. The van der Waals surface area contributed by atoms with E-state index in [-0.39, 0.29) is 17.4 Å². The summed E-state index contributed by atoms with van der Waals surface area (Å²) in [6, 6.07) is 0. The van der Waals surface area contributed by atoms with Crippen LogP contribution in [0.2, 0.25) is 0 Å². The monoisotopic (exact) mass is 161 g/mol. The van der Waals surface area contributed by atoms with E-state index in [2.05, 4.69) is 0 Å². The second-order valence-corrected chi connectivity index (χ2v) is 3.45. The number of aliphatic hydroxyl groups is 2. The zero-order valence-corrected chi connectivity index (χ0v) is 6.47. The molecule has 2 N–H and O–H groups in total. The highest BCUT2D eigenvalue weighted by Crippen LogP contribution is 2.16. The Hall–Kier alpha value is 0.452. The van der Waals surface area contributed by atoms with Crippen LogP contribution < -0.4 is 0 Å². The van der Waals surface area contributed by atoms with Crippen molar-refractivity contribution in [2.75, 3.05) is 0 Å². The molecule has 0 aromatic carbocycles. The van der Waals surface area contributed by atoms with E-state index in [1.807, 2.05) is 0 Å². The highest BCUT2D eigenvalue weighted by atomic mass is 27.0. The van der Waals surface area contributed by atoms with Crippen LogP contribution >= 0.6 is 0 Å². The van der Waals surface area contributed by atoms with Crippen LogP contribution in [0, 0.1) is 6.42 Å². The Balaban J connectivity index is 0. The topological polar surface area (TPSA) is 40.5 Å². The van der Waals surface area contributed by atoms with Gasteiger partial charge in [0.15, 0.2) is 17.4 Å². The second kappa shape index (κ2) is 3.73. The molecule has 0 aromatic rings. The number of hydrogen-bond donors (Lipinski definition) is 2. The fraction of sp³-hybridized carbons (Fsp3) is 0.857. The van der Waals surface area contributed by atoms with Crippen LogP contribution in [0.1, 0.15) is 27.7 Å². The van der Waals surface area contributed by atoms with E-state index in [9.17, 15) is 0 Å². The van der Waals surface area contributed by atoms with Gasteiger partial charge in [-0.05, 0) is 27.7 Å². The Morgan fingerprint density at radius 3 is 1.10 bits per heavy atom. The largest absolute Gasteiger partial charge is 0.390 e. The smallest absolute Gasteiger partial charge is 0.187 e. The molecule has 1 radical (unpaired) electrons. The molecule has 0 aliphatic rings. The predicted octanol–water partition coefficient (Wildman–Crippen LogP) is -0.451. The van der Waals surface area contributed by atoms with Crippen molar-refractivity contribution in [1.82, 2.24) is 0 Å². The van der Waals surface area contributed by atoms with E-state index in [1.165, 1.54) is 6.42 Å². The Labute approximate surface area is 73.4 Å². The lowest BCUT2D eigenvalue weighted by Crippen LogP contribution is -2.33. The first-order chi connectivity index (χ1) is 3.71. The van der Waals surface area contributed by atoms with E-state index < -0.39 is 11.2 Å². The highest BCUT2D eigenvalue weighted by molar-refractivity contribution is 5.75. The summed E-state index contributed by atoms with van der Waals surface area (Å²) in [6.45, 7) is 6.52. The molecule has 0 saturated carbocycles. The fourth-order valence-electron chi connectivity index (χ4n) is 0.864. The molecule has 3 heteroatoms. The Bertz CT molecular complexity index is 76.8. The molecule has 0 atom stereocenters. The molecule has 10 heavy (non-hydrogen) atoms. The van der Waals surface area contributed by atoms with Gasteiger partial charge in [-0.2, -0.15) is 0 Å². The minimum Gasteiger partial charge on any atom is -0.390 e. The zero-order valence-electron chi connectivity index (χ0n) is 6.47. The van der Waals surface area contributed by atoms with E-state index in [0.717, 1.165) is 0 Å². The first-order valence-electron chi connectivity index (χ1n) is 3.02. The van der Waals surface area contributed by atoms with Gasteiger partial charge in [-0.15, -0.1) is 0 Å². The minimum absolute atomic E-state index is 0. The van der Waals surface area contributed by atoms with Crippen LogP contribution in [0.3, 0.4) is 0 Å².